The molecule has 13 rings (SSSR count). The van der Waals surface area contributed by atoms with Crippen molar-refractivity contribution in [3.63, 3.8) is 0 Å². The first kappa shape index (κ1) is 40.9. The molecular formula is C65H43N3O2. The molecule has 0 aliphatic rings. The lowest BCUT2D eigenvalue weighted by atomic mass is 9.99. The van der Waals surface area contributed by atoms with Crippen LogP contribution >= 0.6 is 0 Å². The number of nitrogens with zero attached hydrogens (tertiary/aromatic N) is 3. The van der Waals surface area contributed by atoms with Crippen molar-refractivity contribution in [1.29, 1.82) is 5.26 Å². The Bertz CT molecular complexity index is 3940. The van der Waals surface area contributed by atoms with Crippen LogP contribution in [0.5, 0.6) is 0 Å². The van der Waals surface area contributed by atoms with Gasteiger partial charge in [0.15, 0.2) is 11.2 Å². The Hall–Kier alpha value is -9.37. The fraction of sp³-hybridized carbons (Fsp3) is 0.0308. The summed E-state index contributed by atoms with van der Waals surface area (Å²) in [7, 11) is 0. The van der Waals surface area contributed by atoms with Gasteiger partial charge in [-0.3, -0.25) is 0 Å². The zero-order valence-corrected chi connectivity index (χ0v) is 38.5. The van der Waals surface area contributed by atoms with E-state index in [2.05, 4.69) is 242 Å². The van der Waals surface area contributed by atoms with E-state index >= 15 is 0 Å². The van der Waals surface area contributed by atoms with Crippen LogP contribution in [0, 0.1) is 25.2 Å². The molecule has 0 atom stereocenters. The highest BCUT2D eigenvalue weighted by molar-refractivity contribution is 6.20. The molecule has 0 bridgehead atoms. The van der Waals surface area contributed by atoms with Gasteiger partial charge in [-0.15, -0.1) is 0 Å². The maximum absolute atomic E-state index is 10.8. The summed E-state index contributed by atoms with van der Waals surface area (Å²) in [5, 5.41) is 18.7. The van der Waals surface area contributed by atoms with Gasteiger partial charge in [0.2, 0.25) is 0 Å². The number of furan rings is 2. The molecule has 70 heavy (non-hydrogen) atoms. The lowest BCUT2D eigenvalue weighted by Crippen LogP contribution is -2.11. The number of anilines is 6. The second-order valence-corrected chi connectivity index (χ2v) is 18.2. The maximum Gasteiger partial charge on any atom is 0.157 e. The van der Waals surface area contributed by atoms with Gasteiger partial charge in [0.1, 0.15) is 22.8 Å². The third kappa shape index (κ3) is 6.85. The first-order valence-corrected chi connectivity index (χ1v) is 23.6. The van der Waals surface area contributed by atoms with E-state index in [-0.39, 0.29) is 0 Å². The van der Waals surface area contributed by atoms with Crippen LogP contribution in [-0.2, 0) is 0 Å². The van der Waals surface area contributed by atoms with Gasteiger partial charge in [-0.25, -0.2) is 0 Å². The Morgan fingerprint density at radius 1 is 0.343 bits per heavy atom. The second kappa shape index (κ2) is 16.4. The van der Waals surface area contributed by atoms with E-state index in [1.165, 1.54) is 22.3 Å². The monoisotopic (exact) mass is 897 g/mol. The molecule has 0 saturated carbocycles. The molecule has 0 fully saturated rings. The number of aryl methyl sites for hydroxylation is 2. The number of para-hydroxylation sites is 2. The maximum atomic E-state index is 10.8. The SMILES string of the molecule is Cc1ccc(-c2ccccc2)cc1N(c1ccccc1)c1ccc2cc3c(cc2c1)oc1c(C#N)c2oc4cc5cc(N(c6ccccc6)c6cc(-c7ccccc7)ccc6C)ccc5cc4c2cc13. The normalized spacial score (nSPS) is 11.6. The number of nitriles is 1. The average molecular weight is 898 g/mol. The van der Waals surface area contributed by atoms with Gasteiger partial charge in [0.05, 0.1) is 0 Å². The third-order valence-corrected chi connectivity index (χ3v) is 13.9. The largest absolute Gasteiger partial charge is 0.454 e. The van der Waals surface area contributed by atoms with Gasteiger partial charge >= 0.3 is 0 Å². The van der Waals surface area contributed by atoms with Crippen molar-refractivity contribution < 1.29 is 8.83 Å². The fourth-order valence-corrected chi connectivity index (χ4v) is 10.3. The molecule has 0 radical (unpaired) electrons. The number of hydrogen-bond acceptors (Lipinski definition) is 5. The topological polar surface area (TPSA) is 56.6 Å². The van der Waals surface area contributed by atoms with E-state index in [0.717, 1.165) is 88.3 Å². The number of hydrogen-bond donors (Lipinski definition) is 0. The minimum absolute atomic E-state index is 0.391. The first-order chi connectivity index (χ1) is 34.5. The Labute approximate surface area is 404 Å². The Morgan fingerprint density at radius 3 is 1.17 bits per heavy atom. The average Bonchev–Trinajstić information content (AvgIpc) is 3.95. The molecule has 0 spiro atoms. The number of rotatable bonds is 8. The predicted molar refractivity (Wildman–Crippen MR) is 290 cm³/mol. The zero-order valence-electron chi connectivity index (χ0n) is 38.5. The Balaban J connectivity index is 0.918. The van der Waals surface area contributed by atoms with Crippen LogP contribution in [0.4, 0.5) is 34.1 Å². The summed E-state index contributed by atoms with van der Waals surface area (Å²) in [5.41, 5.74) is 16.3. The van der Waals surface area contributed by atoms with Crippen molar-refractivity contribution in [2.24, 2.45) is 0 Å². The molecular weight excluding hydrogens is 855 g/mol. The van der Waals surface area contributed by atoms with Gasteiger partial charge in [0, 0.05) is 55.7 Å². The van der Waals surface area contributed by atoms with Crippen molar-refractivity contribution in [2.75, 3.05) is 9.80 Å². The van der Waals surface area contributed by atoms with Crippen molar-refractivity contribution in [2.45, 2.75) is 13.8 Å². The van der Waals surface area contributed by atoms with E-state index in [9.17, 15) is 5.26 Å². The van der Waals surface area contributed by atoms with E-state index in [0.29, 0.717) is 27.9 Å². The summed E-state index contributed by atoms with van der Waals surface area (Å²) >= 11 is 0. The van der Waals surface area contributed by atoms with Crippen LogP contribution in [0.1, 0.15) is 16.7 Å². The van der Waals surface area contributed by atoms with Crippen molar-refractivity contribution >= 4 is 99.5 Å². The Kier molecular flexibility index (Phi) is 9.60. The highest BCUT2D eigenvalue weighted by atomic mass is 16.3. The van der Waals surface area contributed by atoms with Gasteiger partial charge in [-0.1, -0.05) is 133 Å². The molecule has 0 amide bonds. The summed E-state index contributed by atoms with van der Waals surface area (Å²) in [4.78, 5) is 4.65. The van der Waals surface area contributed by atoms with Crippen molar-refractivity contribution in [1.82, 2.24) is 0 Å². The highest BCUT2D eigenvalue weighted by Crippen LogP contribution is 2.45. The second-order valence-electron chi connectivity index (χ2n) is 18.2. The number of benzene rings is 11. The molecule has 330 valence electrons. The van der Waals surface area contributed by atoms with Gasteiger partial charge in [-0.2, -0.15) is 5.26 Å². The molecule has 2 aromatic heterocycles. The van der Waals surface area contributed by atoms with Crippen LogP contribution in [0.2, 0.25) is 0 Å². The molecule has 0 saturated heterocycles. The molecule has 11 aromatic carbocycles. The van der Waals surface area contributed by atoms with Crippen molar-refractivity contribution in [3.05, 3.63) is 241 Å². The van der Waals surface area contributed by atoms with E-state index in [1.54, 1.807) is 0 Å². The van der Waals surface area contributed by atoms with E-state index < -0.39 is 0 Å². The minimum atomic E-state index is 0.391. The third-order valence-electron chi connectivity index (χ3n) is 13.9. The van der Waals surface area contributed by atoms with E-state index in [4.69, 9.17) is 8.83 Å². The van der Waals surface area contributed by atoms with Crippen LogP contribution < -0.4 is 9.80 Å². The molecule has 0 aliphatic heterocycles. The summed E-state index contributed by atoms with van der Waals surface area (Å²) in [6.45, 7) is 4.33. The van der Waals surface area contributed by atoms with Gasteiger partial charge < -0.3 is 18.6 Å². The lowest BCUT2D eigenvalue weighted by molar-refractivity contribution is 0.654. The fourth-order valence-electron chi connectivity index (χ4n) is 10.3. The molecule has 0 aliphatic carbocycles. The molecule has 13 aromatic rings. The standard InChI is InChI=1S/C65H43N3O2/c1-41-23-25-47(43-15-7-3-8-16-43)35-60(41)67(51-19-11-5-12-20-51)53-29-27-45-33-55-57-39-58-56-34-46-28-30-54(32-50(46)38-63(56)70-65(58)59(40-66)64(57)69-62(55)37-49(45)31-53)68(52-21-13-6-14-22-52)61-36-48(26-24-42(61)2)44-17-9-4-10-18-44/h3-39H,1-2H3. The van der Waals surface area contributed by atoms with Gasteiger partial charge in [-0.05, 0) is 160 Å². The van der Waals surface area contributed by atoms with Crippen LogP contribution in [0.25, 0.3) is 87.7 Å². The Morgan fingerprint density at radius 2 is 0.757 bits per heavy atom. The van der Waals surface area contributed by atoms with E-state index in [1.807, 2.05) is 12.1 Å². The highest BCUT2D eigenvalue weighted by Gasteiger charge is 2.23. The molecule has 2 heterocycles. The molecule has 0 N–H and O–H groups in total. The zero-order chi connectivity index (χ0) is 46.9. The van der Waals surface area contributed by atoms with Gasteiger partial charge in [0.25, 0.3) is 0 Å². The summed E-state index contributed by atoms with van der Waals surface area (Å²) in [6.07, 6.45) is 0. The quantitative estimate of drug-likeness (QED) is 0.152. The molecule has 5 heteroatoms. The first-order valence-electron chi connectivity index (χ1n) is 23.6. The van der Waals surface area contributed by atoms with Crippen LogP contribution in [0.15, 0.2) is 233 Å². The van der Waals surface area contributed by atoms with Crippen LogP contribution in [0.3, 0.4) is 0 Å². The molecule has 0 unspecified atom stereocenters. The van der Waals surface area contributed by atoms with Crippen LogP contribution in [-0.4, -0.2) is 0 Å². The molecule has 5 nitrogen and oxygen atoms in total. The van der Waals surface area contributed by atoms with Crippen molar-refractivity contribution in [3.8, 4) is 28.3 Å². The predicted octanol–water partition coefficient (Wildman–Crippen LogP) is 18.6. The number of fused-ring (bicyclic) bond motifs is 8. The summed E-state index contributed by atoms with van der Waals surface area (Å²) < 4.78 is 13.4. The lowest BCUT2D eigenvalue weighted by Gasteiger charge is -2.28. The minimum Gasteiger partial charge on any atom is -0.454 e. The summed E-state index contributed by atoms with van der Waals surface area (Å²) in [5.74, 6) is 0. The summed E-state index contributed by atoms with van der Waals surface area (Å²) in [6, 6.07) is 81.8. The smallest absolute Gasteiger partial charge is 0.157 e.